The van der Waals surface area contributed by atoms with Gasteiger partial charge in [0, 0.05) is 17.3 Å². The van der Waals surface area contributed by atoms with Gasteiger partial charge in [0.05, 0.1) is 17.9 Å². The molecular weight excluding hydrogens is 272 g/mol. The summed E-state index contributed by atoms with van der Waals surface area (Å²) in [6, 6.07) is 4.02. The van der Waals surface area contributed by atoms with Crippen molar-refractivity contribution in [3.05, 3.63) is 33.8 Å². The number of nitrogens with two attached hydrogens (primary N) is 1. The van der Waals surface area contributed by atoms with Crippen LogP contribution in [-0.4, -0.2) is 27.5 Å². The first-order valence-corrected chi connectivity index (χ1v) is 7.74. The van der Waals surface area contributed by atoms with Gasteiger partial charge in [-0.1, -0.05) is 6.07 Å². The lowest BCUT2D eigenvalue weighted by molar-refractivity contribution is 0.0749. The average molecular weight is 290 g/mol. The summed E-state index contributed by atoms with van der Waals surface area (Å²) < 4.78 is 0. The minimum atomic E-state index is -0.0958. The number of nitrogens with one attached hydrogen (secondary N) is 1. The Morgan fingerprint density at radius 2 is 2.40 bits per heavy atom. The zero-order chi connectivity index (χ0) is 14.1. The van der Waals surface area contributed by atoms with Crippen molar-refractivity contribution >= 4 is 22.9 Å². The Balaban J connectivity index is 1.79. The van der Waals surface area contributed by atoms with Crippen LogP contribution < -0.4 is 5.73 Å². The number of hydrogen-bond acceptors (Lipinski definition) is 4. The minimum Gasteiger partial charge on any atom is -0.395 e. The highest BCUT2D eigenvalue weighted by molar-refractivity contribution is 7.09. The van der Waals surface area contributed by atoms with Crippen molar-refractivity contribution in [1.29, 1.82) is 0 Å². The fourth-order valence-corrected chi connectivity index (χ4v) is 3.00. The van der Waals surface area contributed by atoms with Crippen LogP contribution in [0.15, 0.2) is 17.5 Å². The average Bonchev–Trinajstić information content (AvgIpc) is 3.02. The number of carbonyl (C=O) groups is 1. The molecule has 0 aliphatic heterocycles. The maximum absolute atomic E-state index is 12.5. The summed E-state index contributed by atoms with van der Waals surface area (Å²) in [5, 5.41) is 9.09. The van der Waals surface area contributed by atoms with Crippen LogP contribution in [0, 0.1) is 0 Å². The van der Waals surface area contributed by atoms with E-state index in [1.807, 2.05) is 24.4 Å². The molecule has 0 spiro atoms. The molecule has 2 heterocycles. The lowest BCUT2D eigenvalue weighted by Crippen LogP contribution is -2.30. The largest absolute Gasteiger partial charge is 0.395 e. The molecule has 1 aliphatic rings. The molecule has 0 radical (unpaired) electrons. The molecule has 0 atom stereocenters. The fourth-order valence-electron chi connectivity index (χ4n) is 2.28. The maximum atomic E-state index is 12.5. The molecule has 1 aliphatic carbocycles. The standard InChI is InChI=1S/C14H18N4OS/c1-2-18(8-10-4-3-7-20-10)14(19)13-11(15)12(16-17-13)9-5-6-9/h3-4,7,9H,2,5-6,8,15H2,1H3,(H,16,17). The SMILES string of the molecule is CCN(Cc1cccs1)C(=O)c1n[nH]c(C2CC2)c1N. The molecule has 0 aromatic carbocycles. The summed E-state index contributed by atoms with van der Waals surface area (Å²) >= 11 is 1.65. The van der Waals surface area contributed by atoms with Gasteiger partial charge in [-0.2, -0.15) is 5.10 Å². The Labute approximate surface area is 121 Å². The number of aromatic nitrogens is 2. The first-order chi connectivity index (χ1) is 9.70. The van der Waals surface area contributed by atoms with Gasteiger partial charge in [0.15, 0.2) is 5.69 Å². The van der Waals surface area contributed by atoms with E-state index in [-0.39, 0.29) is 5.91 Å². The van der Waals surface area contributed by atoms with Gasteiger partial charge in [-0.25, -0.2) is 0 Å². The second kappa shape index (κ2) is 5.28. The molecule has 106 valence electrons. The molecule has 5 nitrogen and oxygen atoms in total. The van der Waals surface area contributed by atoms with Gasteiger partial charge in [0.1, 0.15) is 0 Å². The Kier molecular flexibility index (Phi) is 3.48. The second-order valence-electron chi connectivity index (χ2n) is 5.07. The molecule has 0 unspecified atom stereocenters. The Hall–Kier alpha value is -1.82. The molecule has 3 rings (SSSR count). The summed E-state index contributed by atoms with van der Waals surface area (Å²) in [5.74, 6) is 0.373. The molecule has 0 bridgehead atoms. The van der Waals surface area contributed by atoms with E-state index in [0.717, 1.165) is 23.4 Å². The lowest BCUT2D eigenvalue weighted by Gasteiger charge is -2.19. The minimum absolute atomic E-state index is 0.0958. The number of amides is 1. The summed E-state index contributed by atoms with van der Waals surface area (Å²) in [6.45, 7) is 3.22. The van der Waals surface area contributed by atoms with Crippen LogP contribution >= 0.6 is 11.3 Å². The zero-order valence-corrected chi connectivity index (χ0v) is 12.2. The van der Waals surface area contributed by atoms with E-state index in [2.05, 4.69) is 10.2 Å². The van der Waals surface area contributed by atoms with Crippen molar-refractivity contribution in [3.63, 3.8) is 0 Å². The topological polar surface area (TPSA) is 75.0 Å². The van der Waals surface area contributed by atoms with Gasteiger partial charge < -0.3 is 10.6 Å². The van der Waals surface area contributed by atoms with Crippen molar-refractivity contribution in [1.82, 2.24) is 15.1 Å². The monoisotopic (exact) mass is 290 g/mol. The highest BCUT2D eigenvalue weighted by atomic mass is 32.1. The third-order valence-electron chi connectivity index (χ3n) is 3.62. The first kappa shape index (κ1) is 13.2. The normalized spacial score (nSPS) is 14.4. The van der Waals surface area contributed by atoms with Crippen LogP contribution in [-0.2, 0) is 6.54 Å². The van der Waals surface area contributed by atoms with E-state index >= 15 is 0 Å². The highest BCUT2D eigenvalue weighted by Gasteiger charge is 2.31. The van der Waals surface area contributed by atoms with Gasteiger partial charge in [0.2, 0.25) is 0 Å². The molecule has 1 saturated carbocycles. The first-order valence-electron chi connectivity index (χ1n) is 6.86. The Morgan fingerprint density at radius 1 is 1.60 bits per heavy atom. The van der Waals surface area contributed by atoms with Crippen LogP contribution in [0.4, 0.5) is 5.69 Å². The predicted molar refractivity (Wildman–Crippen MR) is 79.7 cm³/mol. The Bertz CT molecular complexity index is 601. The number of H-pyrrole nitrogens is 1. The zero-order valence-electron chi connectivity index (χ0n) is 11.4. The van der Waals surface area contributed by atoms with E-state index < -0.39 is 0 Å². The molecule has 2 aromatic rings. The molecule has 1 amide bonds. The summed E-state index contributed by atoms with van der Waals surface area (Å²) in [7, 11) is 0. The third-order valence-corrected chi connectivity index (χ3v) is 4.48. The number of rotatable bonds is 5. The van der Waals surface area contributed by atoms with Crippen molar-refractivity contribution in [3.8, 4) is 0 Å². The molecule has 20 heavy (non-hydrogen) atoms. The fraction of sp³-hybridized carbons (Fsp3) is 0.429. The number of hydrogen-bond donors (Lipinski definition) is 2. The van der Waals surface area contributed by atoms with Crippen LogP contribution in [0.1, 0.15) is 46.7 Å². The second-order valence-corrected chi connectivity index (χ2v) is 6.10. The molecule has 2 aromatic heterocycles. The predicted octanol–water partition coefficient (Wildman–Crippen LogP) is 2.59. The van der Waals surface area contributed by atoms with Crippen LogP contribution in [0.5, 0.6) is 0 Å². The summed E-state index contributed by atoms with van der Waals surface area (Å²) in [5.41, 5.74) is 7.90. The molecule has 0 saturated heterocycles. The molecule has 6 heteroatoms. The van der Waals surface area contributed by atoms with E-state index in [9.17, 15) is 4.79 Å². The van der Waals surface area contributed by atoms with E-state index in [4.69, 9.17) is 5.73 Å². The van der Waals surface area contributed by atoms with Crippen molar-refractivity contribution in [2.45, 2.75) is 32.2 Å². The number of nitrogens with zero attached hydrogens (tertiary/aromatic N) is 2. The van der Waals surface area contributed by atoms with Crippen molar-refractivity contribution in [2.75, 3.05) is 12.3 Å². The Morgan fingerprint density at radius 3 is 3.00 bits per heavy atom. The van der Waals surface area contributed by atoms with E-state index in [1.54, 1.807) is 16.2 Å². The van der Waals surface area contributed by atoms with Gasteiger partial charge in [-0.3, -0.25) is 9.89 Å². The quantitative estimate of drug-likeness (QED) is 0.888. The molecule has 1 fully saturated rings. The van der Waals surface area contributed by atoms with E-state index in [0.29, 0.717) is 30.4 Å². The van der Waals surface area contributed by atoms with Crippen molar-refractivity contribution in [2.24, 2.45) is 0 Å². The number of anilines is 1. The van der Waals surface area contributed by atoms with Gasteiger partial charge >= 0.3 is 0 Å². The molecule has 3 N–H and O–H groups in total. The van der Waals surface area contributed by atoms with Gasteiger partial charge in [0.25, 0.3) is 5.91 Å². The van der Waals surface area contributed by atoms with E-state index in [1.165, 1.54) is 0 Å². The van der Waals surface area contributed by atoms with Gasteiger partial charge in [-0.15, -0.1) is 11.3 Å². The number of carbonyl (C=O) groups excluding carboxylic acids is 1. The summed E-state index contributed by atoms with van der Waals surface area (Å²) in [6.07, 6.45) is 2.26. The third kappa shape index (κ3) is 2.43. The highest BCUT2D eigenvalue weighted by Crippen LogP contribution is 2.42. The smallest absolute Gasteiger partial charge is 0.276 e. The van der Waals surface area contributed by atoms with Gasteiger partial charge in [-0.05, 0) is 31.2 Å². The van der Waals surface area contributed by atoms with Crippen molar-refractivity contribution < 1.29 is 4.79 Å². The lowest BCUT2D eigenvalue weighted by atomic mass is 10.2. The molecular formula is C14H18N4OS. The number of aromatic amines is 1. The summed E-state index contributed by atoms with van der Waals surface area (Å²) in [4.78, 5) is 15.5. The van der Waals surface area contributed by atoms with Crippen LogP contribution in [0.3, 0.4) is 0 Å². The number of nitrogen functional groups attached to an aromatic ring is 1. The number of thiophene rings is 1. The van der Waals surface area contributed by atoms with Crippen LogP contribution in [0.25, 0.3) is 0 Å². The van der Waals surface area contributed by atoms with Crippen LogP contribution in [0.2, 0.25) is 0 Å². The maximum Gasteiger partial charge on any atom is 0.276 e.